The highest BCUT2D eigenvalue weighted by Gasteiger charge is 2.16. The van der Waals surface area contributed by atoms with Crippen LogP contribution in [0.5, 0.6) is 0 Å². The first-order chi connectivity index (χ1) is 12.0. The summed E-state index contributed by atoms with van der Waals surface area (Å²) in [4.78, 5) is 25.2. The minimum atomic E-state index is 0.115. The smallest absolute Gasteiger partial charge is 0.224 e. The summed E-state index contributed by atoms with van der Waals surface area (Å²) in [5.41, 5.74) is 1.12. The number of imidazole rings is 1. The molecule has 7 heteroatoms. The molecule has 0 aromatic carbocycles. The van der Waals surface area contributed by atoms with Gasteiger partial charge in [-0.3, -0.25) is 4.79 Å². The van der Waals surface area contributed by atoms with Crippen LogP contribution in [0.4, 0.5) is 5.82 Å². The Hall–Kier alpha value is -2.41. The fourth-order valence-corrected chi connectivity index (χ4v) is 2.36. The highest BCUT2D eigenvalue weighted by atomic mass is 16.2. The average molecular weight is 344 g/mol. The Morgan fingerprint density at radius 2 is 2.04 bits per heavy atom. The van der Waals surface area contributed by atoms with Crippen LogP contribution in [0.1, 0.15) is 17.8 Å². The van der Waals surface area contributed by atoms with Crippen molar-refractivity contribution in [2.24, 2.45) is 7.05 Å². The van der Waals surface area contributed by atoms with Gasteiger partial charge in [0.1, 0.15) is 11.6 Å². The normalized spacial score (nSPS) is 10.9. The number of rotatable bonds is 9. The maximum atomic E-state index is 12.6. The standard InChI is InChI=1S/C18H28N6O/c1-15-5-6-16(21-13-15)19-8-7-18(25)24(12-11-22(2)3)14-17-20-9-10-23(17)4/h5-6,9-10,13H,7-8,11-12,14H2,1-4H3,(H,19,21). The van der Waals surface area contributed by atoms with Crippen molar-refractivity contribution in [2.45, 2.75) is 19.9 Å². The van der Waals surface area contributed by atoms with Gasteiger partial charge in [-0.25, -0.2) is 9.97 Å². The molecule has 2 rings (SSSR count). The van der Waals surface area contributed by atoms with Gasteiger partial charge in [-0.1, -0.05) is 6.07 Å². The Morgan fingerprint density at radius 3 is 2.64 bits per heavy atom. The van der Waals surface area contributed by atoms with Crippen LogP contribution in [0.25, 0.3) is 0 Å². The number of carbonyl (C=O) groups excluding carboxylic acids is 1. The largest absolute Gasteiger partial charge is 0.370 e. The molecule has 2 aromatic heterocycles. The number of pyridine rings is 1. The third kappa shape index (κ3) is 6.19. The van der Waals surface area contributed by atoms with Crippen LogP contribution in [0, 0.1) is 6.92 Å². The van der Waals surface area contributed by atoms with E-state index in [1.807, 2.05) is 62.1 Å². The molecule has 0 aliphatic heterocycles. The van der Waals surface area contributed by atoms with Crippen molar-refractivity contribution < 1.29 is 4.79 Å². The van der Waals surface area contributed by atoms with Crippen molar-refractivity contribution in [1.29, 1.82) is 0 Å². The molecule has 2 aromatic rings. The number of carbonyl (C=O) groups is 1. The molecule has 0 atom stereocenters. The summed E-state index contributed by atoms with van der Waals surface area (Å²) in [5, 5.41) is 3.20. The van der Waals surface area contributed by atoms with Gasteiger partial charge in [0.2, 0.25) is 5.91 Å². The highest BCUT2D eigenvalue weighted by molar-refractivity contribution is 5.76. The van der Waals surface area contributed by atoms with Crippen molar-refractivity contribution >= 4 is 11.7 Å². The number of anilines is 1. The molecule has 0 bridgehead atoms. The molecule has 0 saturated carbocycles. The second-order valence-corrected chi connectivity index (χ2v) is 6.47. The Balaban J connectivity index is 1.89. The van der Waals surface area contributed by atoms with Gasteiger partial charge in [0.15, 0.2) is 0 Å². The lowest BCUT2D eigenvalue weighted by atomic mass is 10.3. The quantitative estimate of drug-likeness (QED) is 0.747. The molecule has 2 heterocycles. The zero-order valence-corrected chi connectivity index (χ0v) is 15.6. The van der Waals surface area contributed by atoms with Crippen molar-refractivity contribution in [2.75, 3.05) is 39.0 Å². The monoisotopic (exact) mass is 344 g/mol. The molecule has 0 spiro atoms. The Bertz CT molecular complexity index is 664. The summed E-state index contributed by atoms with van der Waals surface area (Å²) in [6, 6.07) is 3.93. The molecule has 0 aliphatic carbocycles. The first-order valence-corrected chi connectivity index (χ1v) is 8.51. The van der Waals surface area contributed by atoms with Gasteiger partial charge in [0.25, 0.3) is 0 Å². The second-order valence-electron chi connectivity index (χ2n) is 6.47. The molecular formula is C18H28N6O. The Kier molecular flexibility index (Phi) is 6.94. The number of hydrogen-bond donors (Lipinski definition) is 1. The van der Waals surface area contributed by atoms with Gasteiger partial charge in [0, 0.05) is 51.7 Å². The van der Waals surface area contributed by atoms with E-state index in [1.165, 1.54) is 0 Å². The van der Waals surface area contributed by atoms with Gasteiger partial charge in [0.05, 0.1) is 6.54 Å². The van der Waals surface area contributed by atoms with Gasteiger partial charge >= 0.3 is 0 Å². The van der Waals surface area contributed by atoms with E-state index < -0.39 is 0 Å². The third-order valence-electron chi connectivity index (χ3n) is 3.98. The minimum absolute atomic E-state index is 0.115. The maximum Gasteiger partial charge on any atom is 0.224 e. The molecule has 7 nitrogen and oxygen atoms in total. The lowest BCUT2D eigenvalue weighted by Gasteiger charge is -2.24. The maximum absolute atomic E-state index is 12.6. The first-order valence-electron chi connectivity index (χ1n) is 8.51. The third-order valence-corrected chi connectivity index (χ3v) is 3.98. The van der Waals surface area contributed by atoms with Crippen LogP contribution in [-0.2, 0) is 18.4 Å². The molecular weight excluding hydrogens is 316 g/mol. The zero-order chi connectivity index (χ0) is 18.2. The number of amides is 1. The molecule has 1 N–H and O–H groups in total. The number of likely N-dealkylation sites (N-methyl/N-ethyl adjacent to an activating group) is 1. The molecule has 136 valence electrons. The minimum Gasteiger partial charge on any atom is -0.370 e. The number of aryl methyl sites for hydroxylation is 2. The molecule has 25 heavy (non-hydrogen) atoms. The fraction of sp³-hybridized carbons (Fsp3) is 0.500. The van der Waals surface area contributed by atoms with E-state index in [-0.39, 0.29) is 5.91 Å². The summed E-state index contributed by atoms with van der Waals surface area (Å²) in [6.07, 6.45) is 5.89. The van der Waals surface area contributed by atoms with E-state index in [9.17, 15) is 4.79 Å². The highest BCUT2D eigenvalue weighted by Crippen LogP contribution is 2.06. The predicted molar refractivity (Wildman–Crippen MR) is 99.3 cm³/mol. The van der Waals surface area contributed by atoms with Crippen LogP contribution in [0.3, 0.4) is 0 Å². The van der Waals surface area contributed by atoms with Crippen molar-refractivity contribution in [1.82, 2.24) is 24.3 Å². The van der Waals surface area contributed by atoms with Crippen LogP contribution >= 0.6 is 0 Å². The number of nitrogens with one attached hydrogen (secondary N) is 1. The molecule has 0 unspecified atom stereocenters. The Labute approximate surface area is 149 Å². The second kappa shape index (κ2) is 9.17. The van der Waals surface area contributed by atoms with Crippen LogP contribution < -0.4 is 5.32 Å². The SMILES string of the molecule is Cc1ccc(NCCC(=O)N(CCN(C)C)Cc2nccn2C)nc1. The first kappa shape index (κ1) is 18.9. The van der Waals surface area contributed by atoms with E-state index in [1.54, 1.807) is 6.20 Å². The van der Waals surface area contributed by atoms with Gasteiger partial charge in [-0.05, 0) is 32.6 Å². The van der Waals surface area contributed by atoms with Gasteiger partial charge in [-0.2, -0.15) is 0 Å². The molecule has 0 fully saturated rings. The van der Waals surface area contributed by atoms with E-state index in [0.717, 1.165) is 23.8 Å². The summed E-state index contributed by atoms with van der Waals surface area (Å²) >= 11 is 0. The van der Waals surface area contributed by atoms with E-state index in [0.29, 0.717) is 26.1 Å². The number of hydrogen-bond acceptors (Lipinski definition) is 5. The lowest BCUT2D eigenvalue weighted by Crippen LogP contribution is -2.37. The van der Waals surface area contributed by atoms with Gasteiger partial charge < -0.3 is 19.7 Å². The summed E-state index contributed by atoms with van der Waals surface area (Å²) in [7, 11) is 5.96. The predicted octanol–water partition coefficient (Wildman–Crippen LogP) is 1.52. The topological polar surface area (TPSA) is 66.3 Å². The zero-order valence-electron chi connectivity index (χ0n) is 15.6. The number of nitrogens with zero attached hydrogens (tertiary/aromatic N) is 5. The molecule has 0 aliphatic rings. The summed E-state index contributed by atoms with van der Waals surface area (Å²) in [6.45, 7) is 4.60. The van der Waals surface area contributed by atoms with Crippen molar-refractivity contribution in [3.8, 4) is 0 Å². The molecule has 0 saturated heterocycles. The summed E-state index contributed by atoms with van der Waals surface area (Å²) in [5.74, 6) is 1.80. The molecule has 1 amide bonds. The molecule has 0 radical (unpaired) electrons. The average Bonchev–Trinajstić information content (AvgIpc) is 2.98. The van der Waals surface area contributed by atoms with Crippen LogP contribution in [-0.4, -0.2) is 64.0 Å². The van der Waals surface area contributed by atoms with E-state index in [2.05, 4.69) is 20.2 Å². The van der Waals surface area contributed by atoms with Crippen LogP contribution in [0.2, 0.25) is 0 Å². The van der Waals surface area contributed by atoms with Crippen LogP contribution in [0.15, 0.2) is 30.7 Å². The lowest BCUT2D eigenvalue weighted by molar-refractivity contribution is -0.131. The Morgan fingerprint density at radius 1 is 1.24 bits per heavy atom. The summed E-state index contributed by atoms with van der Waals surface area (Å²) < 4.78 is 1.95. The van der Waals surface area contributed by atoms with E-state index >= 15 is 0 Å². The van der Waals surface area contributed by atoms with Crippen molar-refractivity contribution in [3.05, 3.63) is 42.1 Å². The van der Waals surface area contributed by atoms with Crippen molar-refractivity contribution in [3.63, 3.8) is 0 Å². The number of aromatic nitrogens is 3. The van der Waals surface area contributed by atoms with E-state index in [4.69, 9.17) is 0 Å². The fourth-order valence-electron chi connectivity index (χ4n) is 2.36. The van der Waals surface area contributed by atoms with Gasteiger partial charge in [-0.15, -0.1) is 0 Å².